The minimum Gasteiger partial charge on any atom is -0.357 e. The van der Waals surface area contributed by atoms with Crippen molar-refractivity contribution in [3.63, 3.8) is 0 Å². The molecule has 3 aliphatic rings. The minimum atomic E-state index is -3.66. The molecule has 0 spiro atoms. The van der Waals surface area contributed by atoms with Gasteiger partial charge >= 0.3 is 0 Å². The van der Waals surface area contributed by atoms with E-state index in [1.807, 2.05) is 24.3 Å². The summed E-state index contributed by atoms with van der Waals surface area (Å²) in [6.45, 7) is 0.574. The molecule has 7 rings (SSSR count). The number of rotatable bonds is 9. The van der Waals surface area contributed by atoms with Crippen molar-refractivity contribution in [2.45, 2.75) is 28.6 Å². The molecule has 1 N–H and O–H groups in total. The number of hydrogen-bond acceptors (Lipinski definition) is 9. The quantitative estimate of drug-likeness (QED) is 0.202. The Morgan fingerprint density at radius 1 is 0.978 bits per heavy atom. The molecule has 2 aliphatic heterocycles. The number of nitriles is 1. The van der Waals surface area contributed by atoms with Gasteiger partial charge in [0.15, 0.2) is 5.78 Å². The zero-order valence-electron chi connectivity index (χ0n) is 24.3. The summed E-state index contributed by atoms with van der Waals surface area (Å²) < 4.78 is 29.2. The van der Waals surface area contributed by atoms with Gasteiger partial charge in [-0.25, -0.2) is 8.42 Å². The van der Waals surface area contributed by atoms with Crippen LogP contribution in [0.25, 0.3) is 0 Å². The Kier molecular flexibility index (Phi) is 7.84. The number of nitrogens with zero attached hydrogens (tertiary/aromatic N) is 5. The summed E-state index contributed by atoms with van der Waals surface area (Å²) in [5, 5.41) is 12.7. The van der Waals surface area contributed by atoms with E-state index in [0.29, 0.717) is 29.8 Å². The lowest BCUT2D eigenvalue weighted by Crippen LogP contribution is -2.51. The second kappa shape index (κ2) is 11.9. The third-order valence-electron chi connectivity index (χ3n) is 8.89. The van der Waals surface area contributed by atoms with Gasteiger partial charge in [0.1, 0.15) is 15.6 Å². The van der Waals surface area contributed by atoms with Crippen molar-refractivity contribution in [3.05, 3.63) is 123 Å². The maximum Gasteiger partial charge on any atom is 0.254 e. The Hall–Kier alpha value is -4.22. The Morgan fingerprint density at radius 3 is 2.09 bits per heavy atom. The first-order valence-corrected chi connectivity index (χ1v) is 17.6. The largest absolute Gasteiger partial charge is 0.357 e. The first kappa shape index (κ1) is 30.4. The Labute approximate surface area is 278 Å². The Morgan fingerprint density at radius 2 is 1.57 bits per heavy atom. The molecule has 0 radical (unpaired) electrons. The minimum absolute atomic E-state index is 0.0741. The number of allylic oxidation sites excluding steroid dienone is 1. The van der Waals surface area contributed by atoms with Crippen LogP contribution < -0.4 is 5.32 Å². The number of benzene rings is 1. The number of piperidine rings is 1. The van der Waals surface area contributed by atoms with E-state index in [2.05, 4.69) is 37.3 Å². The number of carbonyl (C=O) groups is 2. The summed E-state index contributed by atoms with van der Waals surface area (Å²) in [4.78, 5) is 38.3. The standard InChI is InChI=1S/C33H27BrN6O4S2/c34-28-5-6-30(45-28)46(43,44)39-19-25-26(20-39)31(25)40-29(15-27(41)24-3-1-23(18-35)2-4-24)38-33(32(40)42,16-21-7-11-36-12-8-21)17-22-9-13-37-14-10-22/h1-15,25-26,31,38H,16-17,19-20H2/b29-15+/t25-,26+,31+. The summed E-state index contributed by atoms with van der Waals surface area (Å²) in [5.74, 6) is -0.244. The molecule has 1 saturated carbocycles. The number of aromatic nitrogens is 2. The third kappa shape index (κ3) is 5.55. The predicted molar refractivity (Wildman–Crippen MR) is 174 cm³/mol. The Balaban J connectivity index is 1.24. The van der Waals surface area contributed by atoms with Crippen LogP contribution in [-0.4, -0.2) is 64.0 Å². The van der Waals surface area contributed by atoms with Gasteiger partial charge in [0, 0.05) is 80.2 Å². The highest BCUT2D eigenvalue weighted by molar-refractivity contribution is 9.11. The summed E-state index contributed by atoms with van der Waals surface area (Å²) >= 11 is 4.52. The molecule has 10 nitrogen and oxygen atoms in total. The van der Waals surface area contributed by atoms with E-state index in [1.54, 1.807) is 66.1 Å². The number of amides is 1. The number of carbonyl (C=O) groups excluding carboxylic acids is 2. The third-order valence-corrected chi connectivity index (χ3v) is 12.8. The van der Waals surface area contributed by atoms with E-state index >= 15 is 0 Å². The van der Waals surface area contributed by atoms with E-state index in [9.17, 15) is 23.3 Å². The van der Waals surface area contributed by atoms with Gasteiger partial charge in [0.2, 0.25) is 0 Å². The molecule has 13 heteroatoms. The molecule has 5 heterocycles. The smallest absolute Gasteiger partial charge is 0.254 e. The molecule has 46 heavy (non-hydrogen) atoms. The zero-order valence-corrected chi connectivity index (χ0v) is 27.5. The molecule has 3 atom stereocenters. The first-order valence-electron chi connectivity index (χ1n) is 14.6. The van der Waals surface area contributed by atoms with Gasteiger partial charge in [-0.15, -0.1) is 11.3 Å². The maximum atomic E-state index is 14.8. The molecule has 0 unspecified atom stereocenters. The molecule has 1 amide bonds. The zero-order chi connectivity index (χ0) is 32.1. The van der Waals surface area contributed by atoms with Crippen molar-refractivity contribution in [3.8, 4) is 6.07 Å². The van der Waals surface area contributed by atoms with Gasteiger partial charge in [-0.05, 0) is 87.7 Å². The van der Waals surface area contributed by atoms with Crippen LogP contribution in [0, 0.1) is 23.2 Å². The summed E-state index contributed by atoms with van der Waals surface area (Å²) in [7, 11) is -3.66. The summed E-state index contributed by atoms with van der Waals surface area (Å²) in [5.41, 5.74) is 1.51. The lowest BCUT2D eigenvalue weighted by Gasteiger charge is -2.28. The van der Waals surface area contributed by atoms with E-state index in [1.165, 1.54) is 21.7 Å². The molecule has 3 fully saturated rings. The number of thiophene rings is 1. The molecule has 1 aliphatic carbocycles. The molecule has 0 bridgehead atoms. The predicted octanol–water partition coefficient (Wildman–Crippen LogP) is 4.17. The van der Waals surface area contributed by atoms with Gasteiger partial charge in [-0.3, -0.25) is 24.5 Å². The number of halogens is 1. The molecule has 1 aromatic carbocycles. The van der Waals surface area contributed by atoms with E-state index in [4.69, 9.17) is 0 Å². The number of pyridine rings is 2. The molecular formula is C33H27BrN6O4S2. The number of sulfonamides is 1. The first-order chi connectivity index (χ1) is 22.2. The lowest BCUT2D eigenvalue weighted by atomic mass is 9.85. The normalized spacial score (nSPS) is 22.8. The second-order valence-electron chi connectivity index (χ2n) is 11.7. The molecule has 2 saturated heterocycles. The highest BCUT2D eigenvalue weighted by Gasteiger charge is 2.65. The van der Waals surface area contributed by atoms with Crippen LogP contribution in [0.4, 0.5) is 0 Å². The van der Waals surface area contributed by atoms with Crippen molar-refractivity contribution >= 4 is 49.0 Å². The van der Waals surface area contributed by atoms with E-state index in [0.717, 1.165) is 14.9 Å². The van der Waals surface area contributed by atoms with Crippen LogP contribution in [-0.2, 0) is 27.7 Å². The van der Waals surface area contributed by atoms with E-state index in [-0.39, 0.29) is 46.9 Å². The van der Waals surface area contributed by atoms with Crippen LogP contribution in [0.15, 0.2) is 105 Å². The highest BCUT2D eigenvalue weighted by atomic mass is 79.9. The van der Waals surface area contributed by atoms with E-state index < -0.39 is 15.6 Å². The van der Waals surface area contributed by atoms with Crippen molar-refractivity contribution in [1.82, 2.24) is 24.5 Å². The molecular weight excluding hydrogens is 688 g/mol. The molecule has 232 valence electrons. The van der Waals surface area contributed by atoms with Gasteiger partial charge in [-0.2, -0.15) is 9.57 Å². The fourth-order valence-electron chi connectivity index (χ4n) is 6.62. The second-order valence-corrected chi connectivity index (χ2v) is 16.4. The van der Waals surface area contributed by atoms with Crippen LogP contribution in [0.2, 0.25) is 0 Å². The fourth-order valence-corrected chi connectivity index (χ4v) is 10.3. The van der Waals surface area contributed by atoms with Crippen LogP contribution in [0.3, 0.4) is 0 Å². The fraction of sp³-hybridized carbons (Fsp3) is 0.242. The van der Waals surface area contributed by atoms with Crippen molar-refractivity contribution in [2.75, 3.05) is 13.1 Å². The van der Waals surface area contributed by atoms with Crippen LogP contribution in [0.5, 0.6) is 0 Å². The van der Waals surface area contributed by atoms with Gasteiger partial charge < -0.3 is 5.32 Å². The average Bonchev–Trinajstić information content (AvgIpc) is 3.39. The maximum absolute atomic E-state index is 14.8. The van der Waals surface area contributed by atoms with Crippen molar-refractivity contribution < 1.29 is 18.0 Å². The van der Waals surface area contributed by atoms with Crippen molar-refractivity contribution in [2.24, 2.45) is 11.8 Å². The van der Waals surface area contributed by atoms with Crippen molar-refractivity contribution in [1.29, 1.82) is 5.26 Å². The number of nitrogens with one attached hydrogen (secondary N) is 1. The topological polar surface area (TPSA) is 136 Å². The van der Waals surface area contributed by atoms with Gasteiger partial charge in [0.25, 0.3) is 15.9 Å². The average molecular weight is 716 g/mol. The lowest BCUT2D eigenvalue weighted by molar-refractivity contribution is -0.132. The summed E-state index contributed by atoms with van der Waals surface area (Å²) in [6.07, 6.45) is 8.87. The SMILES string of the molecule is N#Cc1ccc(C(=O)/C=C2\NC(Cc3ccncc3)(Cc3ccncc3)C(=O)N2[C@H]2[C@@H]3CN(S(=O)(=O)c4ccc(Br)s4)C[C@@H]32)cc1. The molecule has 3 aromatic heterocycles. The van der Waals surface area contributed by atoms with Gasteiger partial charge in [-0.1, -0.05) is 0 Å². The Bertz CT molecular complexity index is 1940. The van der Waals surface area contributed by atoms with Crippen LogP contribution >= 0.6 is 27.3 Å². The van der Waals surface area contributed by atoms with Gasteiger partial charge in [0.05, 0.1) is 15.4 Å². The number of ketones is 1. The summed E-state index contributed by atoms with van der Waals surface area (Å²) in [6, 6.07) is 18.9. The number of hydrogen-bond donors (Lipinski definition) is 1. The number of fused-ring (bicyclic) bond motifs is 1. The van der Waals surface area contributed by atoms with Crippen LogP contribution in [0.1, 0.15) is 27.0 Å². The monoisotopic (exact) mass is 714 g/mol. The molecule has 4 aromatic rings. The highest BCUT2D eigenvalue weighted by Crippen LogP contribution is 2.53.